The van der Waals surface area contributed by atoms with Gasteiger partial charge in [-0.15, -0.1) is 0 Å². The van der Waals surface area contributed by atoms with E-state index in [4.69, 9.17) is 0 Å². The minimum absolute atomic E-state index is 0.454. The number of nitrogens with one attached hydrogen (secondary N) is 2. The van der Waals surface area contributed by atoms with E-state index in [2.05, 4.69) is 40.7 Å². The zero-order chi connectivity index (χ0) is 20.5. The highest BCUT2D eigenvalue weighted by Crippen LogP contribution is 2.28. The minimum Gasteiger partial charge on any atom is -0.371 e. The average Bonchev–Trinajstić information content (AvgIpc) is 2.74. The first-order valence-corrected chi connectivity index (χ1v) is 10.6. The Labute approximate surface area is 173 Å². The van der Waals surface area contributed by atoms with E-state index in [9.17, 15) is 9.59 Å². The number of hydrogen-bond donors (Lipinski definition) is 2. The maximum atomic E-state index is 12.0. The summed E-state index contributed by atoms with van der Waals surface area (Å²) >= 11 is 0. The molecule has 1 aliphatic rings. The van der Waals surface area contributed by atoms with Gasteiger partial charge in [-0.2, -0.15) is 0 Å². The molecule has 0 saturated heterocycles. The number of amides is 2. The Bertz CT molecular complexity index is 820. The van der Waals surface area contributed by atoms with Gasteiger partial charge in [0.25, 0.3) is 0 Å². The van der Waals surface area contributed by atoms with Crippen LogP contribution in [0.15, 0.2) is 48.5 Å². The van der Waals surface area contributed by atoms with Gasteiger partial charge in [-0.3, -0.25) is 9.59 Å². The summed E-state index contributed by atoms with van der Waals surface area (Å²) in [5, 5.41) is 5.41. The summed E-state index contributed by atoms with van der Waals surface area (Å²) in [4.78, 5) is 26.4. The van der Waals surface area contributed by atoms with Gasteiger partial charge in [0.2, 0.25) is 0 Å². The van der Waals surface area contributed by atoms with Crippen molar-refractivity contribution in [3.05, 3.63) is 65.2 Å². The van der Waals surface area contributed by atoms with Crippen LogP contribution in [0.2, 0.25) is 0 Å². The quantitative estimate of drug-likeness (QED) is 0.678. The summed E-state index contributed by atoms with van der Waals surface area (Å²) in [6.07, 6.45) is 4.89. The number of nitrogens with zero attached hydrogens (tertiary/aromatic N) is 1. The Hall–Kier alpha value is -2.82. The lowest BCUT2D eigenvalue weighted by Gasteiger charge is -2.31. The van der Waals surface area contributed by atoms with Gasteiger partial charge in [0.1, 0.15) is 0 Å². The smallest absolute Gasteiger partial charge is 0.309 e. The first-order valence-electron chi connectivity index (χ1n) is 10.6. The van der Waals surface area contributed by atoms with E-state index >= 15 is 0 Å². The van der Waals surface area contributed by atoms with Crippen LogP contribution in [0, 0.1) is 0 Å². The predicted octanol–water partition coefficient (Wildman–Crippen LogP) is 2.87. The third-order valence-corrected chi connectivity index (χ3v) is 5.30. The van der Waals surface area contributed by atoms with Gasteiger partial charge in [0.15, 0.2) is 0 Å². The van der Waals surface area contributed by atoms with Crippen molar-refractivity contribution in [3.8, 4) is 0 Å². The predicted molar refractivity (Wildman–Crippen MR) is 117 cm³/mol. The van der Waals surface area contributed by atoms with Gasteiger partial charge in [0.05, 0.1) is 0 Å². The molecule has 1 heterocycles. The second kappa shape index (κ2) is 10.6. The molecule has 0 atom stereocenters. The van der Waals surface area contributed by atoms with E-state index in [0.29, 0.717) is 19.5 Å². The van der Waals surface area contributed by atoms with Crippen molar-refractivity contribution >= 4 is 17.5 Å². The van der Waals surface area contributed by atoms with Crippen molar-refractivity contribution in [1.82, 2.24) is 10.6 Å². The van der Waals surface area contributed by atoms with Gasteiger partial charge in [-0.05, 0) is 54.9 Å². The lowest BCUT2D eigenvalue weighted by atomic mass is 9.98. The highest BCUT2D eigenvalue weighted by atomic mass is 16.2. The third-order valence-electron chi connectivity index (χ3n) is 5.30. The summed E-state index contributed by atoms with van der Waals surface area (Å²) in [6.45, 7) is 5.36. The van der Waals surface area contributed by atoms with Crippen LogP contribution in [-0.4, -0.2) is 38.0 Å². The zero-order valence-corrected chi connectivity index (χ0v) is 17.2. The maximum absolute atomic E-state index is 12.0. The summed E-state index contributed by atoms with van der Waals surface area (Å²) in [5.41, 5.74) is 5.08. The van der Waals surface area contributed by atoms with E-state index in [0.717, 1.165) is 37.9 Å². The molecule has 1 aliphatic heterocycles. The number of hydrogen-bond acceptors (Lipinski definition) is 3. The van der Waals surface area contributed by atoms with Crippen LogP contribution < -0.4 is 15.5 Å². The molecular weight excluding hydrogens is 362 g/mol. The fraction of sp³-hybridized carbons (Fsp3) is 0.417. The van der Waals surface area contributed by atoms with Gasteiger partial charge in [-0.1, -0.05) is 49.4 Å². The fourth-order valence-corrected chi connectivity index (χ4v) is 3.83. The highest BCUT2D eigenvalue weighted by molar-refractivity contribution is 6.35. The van der Waals surface area contributed by atoms with Crippen molar-refractivity contribution in [1.29, 1.82) is 0 Å². The Morgan fingerprint density at radius 3 is 2.31 bits per heavy atom. The molecule has 5 heteroatoms. The SMILES string of the molecule is CCCN1CCCc2cc(CCNC(=O)C(=O)NCCc3ccccc3)ccc21. The minimum atomic E-state index is -0.568. The van der Waals surface area contributed by atoms with Gasteiger partial charge < -0.3 is 15.5 Å². The normalized spacial score (nSPS) is 12.9. The summed E-state index contributed by atoms with van der Waals surface area (Å²) in [5.74, 6) is -1.13. The van der Waals surface area contributed by atoms with E-state index in [1.165, 1.54) is 23.2 Å². The lowest BCUT2D eigenvalue weighted by Crippen LogP contribution is -2.41. The molecule has 0 aliphatic carbocycles. The zero-order valence-electron chi connectivity index (χ0n) is 17.2. The van der Waals surface area contributed by atoms with Crippen LogP contribution in [0.4, 0.5) is 5.69 Å². The average molecular weight is 394 g/mol. The molecule has 154 valence electrons. The summed E-state index contributed by atoms with van der Waals surface area (Å²) in [6, 6.07) is 16.5. The largest absolute Gasteiger partial charge is 0.371 e. The molecule has 2 N–H and O–H groups in total. The Morgan fingerprint density at radius 2 is 1.62 bits per heavy atom. The number of fused-ring (bicyclic) bond motifs is 1. The van der Waals surface area contributed by atoms with Crippen molar-refractivity contribution < 1.29 is 9.59 Å². The molecular formula is C24H31N3O2. The topological polar surface area (TPSA) is 61.4 Å². The Balaban J connectivity index is 1.41. The molecule has 0 spiro atoms. The number of rotatable bonds is 8. The molecule has 3 rings (SSSR count). The van der Waals surface area contributed by atoms with Crippen LogP contribution in [0.25, 0.3) is 0 Å². The highest BCUT2D eigenvalue weighted by Gasteiger charge is 2.16. The number of carbonyl (C=O) groups is 2. The number of anilines is 1. The first-order chi connectivity index (χ1) is 14.2. The molecule has 2 amide bonds. The van der Waals surface area contributed by atoms with Crippen LogP contribution in [0.5, 0.6) is 0 Å². The van der Waals surface area contributed by atoms with Gasteiger partial charge in [-0.25, -0.2) is 0 Å². The molecule has 2 aromatic carbocycles. The van der Waals surface area contributed by atoms with E-state index in [-0.39, 0.29) is 0 Å². The molecule has 5 nitrogen and oxygen atoms in total. The maximum Gasteiger partial charge on any atom is 0.309 e. The summed E-state index contributed by atoms with van der Waals surface area (Å²) < 4.78 is 0. The molecule has 0 bridgehead atoms. The van der Waals surface area contributed by atoms with Gasteiger partial charge in [0, 0.05) is 31.9 Å². The molecule has 0 fully saturated rings. The van der Waals surface area contributed by atoms with E-state index in [1.807, 2.05) is 30.3 Å². The molecule has 0 aromatic heterocycles. The number of benzene rings is 2. The van der Waals surface area contributed by atoms with Crippen LogP contribution in [0.1, 0.15) is 36.5 Å². The summed E-state index contributed by atoms with van der Waals surface area (Å²) in [7, 11) is 0. The van der Waals surface area contributed by atoms with E-state index < -0.39 is 11.8 Å². The molecule has 29 heavy (non-hydrogen) atoms. The number of aryl methyl sites for hydroxylation is 1. The molecule has 0 radical (unpaired) electrons. The van der Waals surface area contributed by atoms with Crippen molar-refractivity contribution in [2.24, 2.45) is 0 Å². The molecule has 2 aromatic rings. The van der Waals surface area contributed by atoms with Crippen LogP contribution in [-0.2, 0) is 28.9 Å². The Morgan fingerprint density at radius 1 is 0.931 bits per heavy atom. The van der Waals surface area contributed by atoms with Crippen LogP contribution in [0.3, 0.4) is 0 Å². The fourth-order valence-electron chi connectivity index (χ4n) is 3.83. The lowest BCUT2D eigenvalue weighted by molar-refractivity contribution is -0.139. The molecule has 0 saturated carbocycles. The molecule has 0 unspecified atom stereocenters. The number of carbonyl (C=O) groups excluding carboxylic acids is 2. The van der Waals surface area contributed by atoms with Crippen molar-refractivity contribution in [2.75, 3.05) is 31.1 Å². The third kappa shape index (κ3) is 6.08. The first kappa shape index (κ1) is 20.9. The second-order valence-electron chi connectivity index (χ2n) is 7.55. The monoisotopic (exact) mass is 393 g/mol. The van der Waals surface area contributed by atoms with Crippen LogP contribution >= 0.6 is 0 Å². The van der Waals surface area contributed by atoms with E-state index in [1.54, 1.807) is 0 Å². The van der Waals surface area contributed by atoms with Gasteiger partial charge >= 0.3 is 11.8 Å². The van der Waals surface area contributed by atoms with Crippen molar-refractivity contribution in [2.45, 2.75) is 39.0 Å². The second-order valence-corrected chi connectivity index (χ2v) is 7.55. The standard InChI is InChI=1S/C24H31N3O2/c1-2-16-27-17-6-9-21-18-20(10-11-22(21)27)13-15-26-24(29)23(28)25-14-12-19-7-4-3-5-8-19/h3-5,7-8,10-11,18H,2,6,9,12-17H2,1H3,(H,25,28)(H,26,29). The van der Waals surface area contributed by atoms with Crippen molar-refractivity contribution in [3.63, 3.8) is 0 Å². The Kier molecular flexibility index (Phi) is 7.68.